The van der Waals surface area contributed by atoms with Gasteiger partial charge in [0.05, 0.1) is 0 Å². The second kappa shape index (κ2) is 3.79. The zero-order chi connectivity index (χ0) is 9.10. The molecular weight excluding hydrogens is 160 g/mol. The number of nitrogens with two attached hydrogens (primary N) is 1. The summed E-state index contributed by atoms with van der Waals surface area (Å²) in [5, 5.41) is 3.51. The number of benzene rings is 1. The Kier molecular flexibility index (Phi) is 2.50. The lowest BCUT2D eigenvalue weighted by atomic mass is 9.97. The zero-order valence-corrected chi connectivity index (χ0v) is 7.79. The molecule has 1 atom stereocenters. The molecule has 1 aromatic rings. The Morgan fingerprint density at radius 2 is 2.23 bits per heavy atom. The van der Waals surface area contributed by atoms with Crippen LogP contribution in [0.4, 0.5) is 5.69 Å². The van der Waals surface area contributed by atoms with Gasteiger partial charge in [-0.05, 0) is 37.1 Å². The molecule has 1 aliphatic heterocycles. The van der Waals surface area contributed by atoms with E-state index in [1.165, 1.54) is 24.8 Å². The highest BCUT2D eigenvalue weighted by Crippen LogP contribution is 2.23. The van der Waals surface area contributed by atoms with E-state index in [1.54, 1.807) is 0 Å². The lowest BCUT2D eigenvalue weighted by Gasteiger charge is -2.23. The molecule has 3 N–H and O–H groups in total. The van der Waals surface area contributed by atoms with E-state index in [0.29, 0.717) is 6.04 Å². The number of nitrogens with one attached hydrogen (secondary N) is 1. The fraction of sp³-hybridized carbons (Fsp3) is 0.455. The fourth-order valence-electron chi connectivity index (χ4n) is 1.91. The summed E-state index contributed by atoms with van der Waals surface area (Å²) in [7, 11) is 0. The second-order valence-corrected chi connectivity index (χ2v) is 3.67. The predicted octanol–water partition coefficient (Wildman–Crippen LogP) is 2.08. The van der Waals surface area contributed by atoms with Crippen LogP contribution in [0.3, 0.4) is 0 Å². The molecule has 1 aromatic carbocycles. The third-order valence-electron chi connectivity index (χ3n) is 2.62. The molecule has 0 saturated carbocycles. The number of rotatable bonds is 1. The Balaban J connectivity index is 2.14. The SMILES string of the molecule is Nc1cccc([C@H]2CCCCN2)c1. The minimum Gasteiger partial charge on any atom is -0.399 e. The van der Waals surface area contributed by atoms with E-state index in [-0.39, 0.29) is 0 Å². The first-order valence-electron chi connectivity index (χ1n) is 4.95. The van der Waals surface area contributed by atoms with Crippen molar-refractivity contribution in [2.45, 2.75) is 25.3 Å². The molecule has 0 amide bonds. The van der Waals surface area contributed by atoms with Gasteiger partial charge in [0.2, 0.25) is 0 Å². The van der Waals surface area contributed by atoms with Crippen molar-refractivity contribution >= 4 is 5.69 Å². The van der Waals surface area contributed by atoms with Crippen molar-refractivity contribution < 1.29 is 0 Å². The van der Waals surface area contributed by atoms with Gasteiger partial charge in [-0.25, -0.2) is 0 Å². The first kappa shape index (κ1) is 8.57. The smallest absolute Gasteiger partial charge is 0.0321 e. The van der Waals surface area contributed by atoms with Crippen LogP contribution in [-0.4, -0.2) is 6.54 Å². The van der Waals surface area contributed by atoms with Gasteiger partial charge in [-0.15, -0.1) is 0 Å². The Morgan fingerprint density at radius 1 is 1.31 bits per heavy atom. The maximum Gasteiger partial charge on any atom is 0.0321 e. The molecule has 0 bridgehead atoms. The van der Waals surface area contributed by atoms with E-state index in [9.17, 15) is 0 Å². The maximum atomic E-state index is 5.74. The number of anilines is 1. The van der Waals surface area contributed by atoms with E-state index < -0.39 is 0 Å². The molecule has 0 spiro atoms. The van der Waals surface area contributed by atoms with E-state index in [1.807, 2.05) is 12.1 Å². The van der Waals surface area contributed by atoms with Crippen molar-refractivity contribution in [3.05, 3.63) is 29.8 Å². The standard InChI is InChI=1S/C11H16N2/c12-10-5-3-4-9(8-10)11-6-1-2-7-13-11/h3-5,8,11,13H,1-2,6-7,12H2/t11-/m1/s1. The van der Waals surface area contributed by atoms with Crippen LogP contribution in [0.15, 0.2) is 24.3 Å². The van der Waals surface area contributed by atoms with Gasteiger partial charge < -0.3 is 11.1 Å². The molecule has 0 aromatic heterocycles. The summed E-state index contributed by atoms with van der Waals surface area (Å²) in [6, 6.07) is 8.72. The highest BCUT2D eigenvalue weighted by Gasteiger charge is 2.13. The van der Waals surface area contributed by atoms with Crippen LogP contribution in [0.25, 0.3) is 0 Å². The molecule has 1 heterocycles. The van der Waals surface area contributed by atoms with E-state index in [2.05, 4.69) is 17.4 Å². The van der Waals surface area contributed by atoms with E-state index in [4.69, 9.17) is 5.73 Å². The monoisotopic (exact) mass is 176 g/mol. The predicted molar refractivity (Wildman–Crippen MR) is 55.4 cm³/mol. The topological polar surface area (TPSA) is 38.0 Å². The fourth-order valence-corrected chi connectivity index (χ4v) is 1.91. The van der Waals surface area contributed by atoms with E-state index in [0.717, 1.165) is 12.2 Å². The molecule has 2 nitrogen and oxygen atoms in total. The third kappa shape index (κ3) is 2.01. The summed E-state index contributed by atoms with van der Waals surface area (Å²) in [5.74, 6) is 0. The summed E-state index contributed by atoms with van der Waals surface area (Å²) in [6.07, 6.45) is 3.87. The van der Waals surface area contributed by atoms with Crippen molar-refractivity contribution in [3.8, 4) is 0 Å². The molecule has 2 rings (SSSR count). The number of piperidine rings is 1. The number of hydrogen-bond donors (Lipinski definition) is 2. The molecule has 1 saturated heterocycles. The highest BCUT2D eigenvalue weighted by atomic mass is 14.9. The Morgan fingerprint density at radius 3 is 2.92 bits per heavy atom. The molecule has 13 heavy (non-hydrogen) atoms. The minimum atomic E-state index is 0.525. The van der Waals surface area contributed by atoms with Gasteiger partial charge in [-0.3, -0.25) is 0 Å². The first-order chi connectivity index (χ1) is 6.36. The van der Waals surface area contributed by atoms with Crippen LogP contribution in [0.1, 0.15) is 30.9 Å². The Bertz CT molecular complexity index is 277. The average Bonchev–Trinajstić information content (AvgIpc) is 2.19. The van der Waals surface area contributed by atoms with Crippen LogP contribution < -0.4 is 11.1 Å². The molecule has 1 aliphatic rings. The Labute approximate surface area is 79.1 Å². The first-order valence-corrected chi connectivity index (χ1v) is 4.95. The van der Waals surface area contributed by atoms with Crippen LogP contribution in [0.2, 0.25) is 0 Å². The number of hydrogen-bond acceptors (Lipinski definition) is 2. The van der Waals surface area contributed by atoms with Crippen LogP contribution in [-0.2, 0) is 0 Å². The van der Waals surface area contributed by atoms with Crippen molar-refractivity contribution in [2.24, 2.45) is 0 Å². The molecule has 0 radical (unpaired) electrons. The van der Waals surface area contributed by atoms with Crippen LogP contribution in [0.5, 0.6) is 0 Å². The van der Waals surface area contributed by atoms with Gasteiger partial charge in [0.1, 0.15) is 0 Å². The summed E-state index contributed by atoms with van der Waals surface area (Å²) >= 11 is 0. The third-order valence-corrected chi connectivity index (χ3v) is 2.62. The van der Waals surface area contributed by atoms with Crippen molar-refractivity contribution in [1.29, 1.82) is 0 Å². The number of nitrogen functional groups attached to an aromatic ring is 1. The zero-order valence-electron chi connectivity index (χ0n) is 7.79. The van der Waals surface area contributed by atoms with Crippen molar-refractivity contribution in [3.63, 3.8) is 0 Å². The largest absolute Gasteiger partial charge is 0.399 e. The lowest BCUT2D eigenvalue weighted by Crippen LogP contribution is -2.26. The van der Waals surface area contributed by atoms with Gasteiger partial charge in [0, 0.05) is 11.7 Å². The molecule has 0 aliphatic carbocycles. The lowest BCUT2D eigenvalue weighted by molar-refractivity contribution is 0.412. The van der Waals surface area contributed by atoms with Gasteiger partial charge in [0.15, 0.2) is 0 Å². The molecule has 70 valence electrons. The molecule has 0 unspecified atom stereocenters. The highest BCUT2D eigenvalue weighted by molar-refractivity contribution is 5.41. The Hall–Kier alpha value is -1.02. The summed E-state index contributed by atoms with van der Waals surface area (Å²) in [4.78, 5) is 0. The normalized spacial score (nSPS) is 22.9. The van der Waals surface area contributed by atoms with Gasteiger partial charge in [-0.2, -0.15) is 0 Å². The quantitative estimate of drug-likeness (QED) is 0.643. The average molecular weight is 176 g/mol. The van der Waals surface area contributed by atoms with Crippen molar-refractivity contribution in [1.82, 2.24) is 5.32 Å². The van der Waals surface area contributed by atoms with Gasteiger partial charge in [-0.1, -0.05) is 18.6 Å². The molecular formula is C11H16N2. The van der Waals surface area contributed by atoms with E-state index >= 15 is 0 Å². The van der Waals surface area contributed by atoms with Gasteiger partial charge >= 0.3 is 0 Å². The summed E-state index contributed by atoms with van der Waals surface area (Å²) in [5.41, 5.74) is 7.94. The molecule has 1 fully saturated rings. The summed E-state index contributed by atoms with van der Waals surface area (Å²) in [6.45, 7) is 1.14. The van der Waals surface area contributed by atoms with Gasteiger partial charge in [0.25, 0.3) is 0 Å². The van der Waals surface area contributed by atoms with Crippen LogP contribution in [0, 0.1) is 0 Å². The molecule has 2 heteroatoms. The summed E-state index contributed by atoms with van der Waals surface area (Å²) < 4.78 is 0. The maximum absolute atomic E-state index is 5.74. The van der Waals surface area contributed by atoms with Crippen molar-refractivity contribution in [2.75, 3.05) is 12.3 Å². The van der Waals surface area contributed by atoms with Crippen LogP contribution >= 0.6 is 0 Å². The second-order valence-electron chi connectivity index (χ2n) is 3.67. The minimum absolute atomic E-state index is 0.525.